The van der Waals surface area contributed by atoms with Crippen molar-refractivity contribution >= 4 is 0 Å². The Labute approximate surface area is 75.7 Å². The SMILES string of the molecule is C=CC/C=C(C)\C=C(\CC)CN. The number of allylic oxidation sites excluding steroid dienone is 4. The lowest BCUT2D eigenvalue weighted by molar-refractivity contribution is 1.00. The number of nitrogens with two attached hydrogens (primary N) is 1. The van der Waals surface area contributed by atoms with E-state index in [-0.39, 0.29) is 0 Å². The molecule has 0 amide bonds. The fourth-order valence-corrected chi connectivity index (χ4v) is 0.955. The Morgan fingerprint density at radius 2 is 2.17 bits per heavy atom. The molecule has 1 nitrogen and oxygen atoms in total. The summed E-state index contributed by atoms with van der Waals surface area (Å²) < 4.78 is 0. The first-order chi connectivity index (χ1) is 5.74. The minimum absolute atomic E-state index is 0.662. The molecule has 0 atom stereocenters. The summed E-state index contributed by atoms with van der Waals surface area (Å²) in [7, 11) is 0. The van der Waals surface area contributed by atoms with E-state index in [0.29, 0.717) is 6.54 Å². The van der Waals surface area contributed by atoms with Gasteiger partial charge in [-0.2, -0.15) is 0 Å². The van der Waals surface area contributed by atoms with E-state index in [1.807, 2.05) is 6.08 Å². The Bertz CT molecular complexity index is 181. The van der Waals surface area contributed by atoms with E-state index in [1.165, 1.54) is 11.1 Å². The molecule has 68 valence electrons. The van der Waals surface area contributed by atoms with Gasteiger partial charge in [-0.3, -0.25) is 0 Å². The lowest BCUT2D eigenvalue weighted by Gasteiger charge is -1.99. The van der Waals surface area contributed by atoms with Gasteiger partial charge >= 0.3 is 0 Å². The molecule has 0 heterocycles. The maximum atomic E-state index is 5.54. The predicted molar refractivity (Wildman–Crippen MR) is 56.0 cm³/mol. The van der Waals surface area contributed by atoms with Crippen LogP contribution in [0.5, 0.6) is 0 Å². The molecule has 0 rings (SSSR count). The van der Waals surface area contributed by atoms with Crippen molar-refractivity contribution in [3.8, 4) is 0 Å². The van der Waals surface area contributed by atoms with Gasteiger partial charge in [0.25, 0.3) is 0 Å². The van der Waals surface area contributed by atoms with Crippen LogP contribution in [0.25, 0.3) is 0 Å². The van der Waals surface area contributed by atoms with E-state index in [4.69, 9.17) is 5.73 Å². The minimum atomic E-state index is 0.662. The fourth-order valence-electron chi connectivity index (χ4n) is 0.955. The van der Waals surface area contributed by atoms with Crippen LogP contribution in [0.1, 0.15) is 26.7 Å². The molecule has 0 fully saturated rings. The molecule has 0 aliphatic rings. The highest BCUT2D eigenvalue weighted by atomic mass is 14.5. The highest BCUT2D eigenvalue weighted by Gasteiger charge is 1.89. The van der Waals surface area contributed by atoms with E-state index in [9.17, 15) is 0 Å². The summed E-state index contributed by atoms with van der Waals surface area (Å²) >= 11 is 0. The summed E-state index contributed by atoms with van der Waals surface area (Å²) in [5.74, 6) is 0. The second-order valence-electron chi connectivity index (χ2n) is 2.83. The topological polar surface area (TPSA) is 26.0 Å². The quantitative estimate of drug-likeness (QED) is 0.492. The van der Waals surface area contributed by atoms with Crippen LogP contribution in [0.4, 0.5) is 0 Å². The maximum absolute atomic E-state index is 5.54. The zero-order valence-electron chi connectivity index (χ0n) is 8.14. The van der Waals surface area contributed by atoms with Crippen molar-refractivity contribution in [1.29, 1.82) is 0 Å². The van der Waals surface area contributed by atoms with Gasteiger partial charge in [-0.05, 0) is 19.8 Å². The highest BCUT2D eigenvalue weighted by molar-refractivity contribution is 5.22. The van der Waals surface area contributed by atoms with E-state index in [0.717, 1.165) is 12.8 Å². The molecule has 0 aliphatic heterocycles. The van der Waals surface area contributed by atoms with E-state index in [2.05, 4.69) is 32.6 Å². The van der Waals surface area contributed by atoms with E-state index in [1.54, 1.807) is 0 Å². The summed E-state index contributed by atoms with van der Waals surface area (Å²) in [5.41, 5.74) is 8.12. The van der Waals surface area contributed by atoms with Gasteiger partial charge in [-0.1, -0.05) is 36.3 Å². The number of hydrogen-bond donors (Lipinski definition) is 1. The Hall–Kier alpha value is -0.820. The molecule has 0 radical (unpaired) electrons. The van der Waals surface area contributed by atoms with Gasteiger partial charge in [0.15, 0.2) is 0 Å². The van der Waals surface area contributed by atoms with Crippen molar-refractivity contribution in [2.24, 2.45) is 5.73 Å². The molecule has 1 heteroatoms. The summed E-state index contributed by atoms with van der Waals surface area (Å²) in [5, 5.41) is 0. The molecular weight excluding hydrogens is 146 g/mol. The maximum Gasteiger partial charge on any atom is 0.0139 e. The lowest BCUT2D eigenvalue weighted by atomic mass is 10.1. The predicted octanol–water partition coefficient (Wildman–Crippen LogP) is 2.80. The Morgan fingerprint density at radius 3 is 2.58 bits per heavy atom. The molecule has 0 aromatic carbocycles. The molecule has 0 saturated carbocycles. The second kappa shape index (κ2) is 6.86. The van der Waals surface area contributed by atoms with E-state index >= 15 is 0 Å². The van der Waals surface area contributed by atoms with Gasteiger partial charge in [-0.25, -0.2) is 0 Å². The van der Waals surface area contributed by atoms with Gasteiger partial charge in [0.2, 0.25) is 0 Å². The molecule has 0 aliphatic carbocycles. The highest BCUT2D eigenvalue weighted by Crippen LogP contribution is 2.05. The van der Waals surface area contributed by atoms with Crippen LogP contribution in [0.15, 0.2) is 36.0 Å². The first-order valence-electron chi connectivity index (χ1n) is 4.41. The molecule has 0 spiro atoms. The number of rotatable bonds is 5. The molecule has 0 aromatic heterocycles. The van der Waals surface area contributed by atoms with Crippen molar-refractivity contribution in [2.75, 3.05) is 6.54 Å². The van der Waals surface area contributed by atoms with Crippen LogP contribution in [0.3, 0.4) is 0 Å². The Morgan fingerprint density at radius 1 is 1.50 bits per heavy atom. The fraction of sp³-hybridized carbons (Fsp3) is 0.455. The smallest absolute Gasteiger partial charge is 0.0139 e. The van der Waals surface area contributed by atoms with Gasteiger partial charge in [-0.15, -0.1) is 6.58 Å². The minimum Gasteiger partial charge on any atom is -0.327 e. The van der Waals surface area contributed by atoms with Crippen LogP contribution in [0, 0.1) is 0 Å². The first kappa shape index (κ1) is 11.2. The van der Waals surface area contributed by atoms with Crippen LogP contribution in [0.2, 0.25) is 0 Å². The molecule has 0 saturated heterocycles. The van der Waals surface area contributed by atoms with Crippen molar-refractivity contribution in [2.45, 2.75) is 26.7 Å². The van der Waals surface area contributed by atoms with Gasteiger partial charge in [0.05, 0.1) is 0 Å². The van der Waals surface area contributed by atoms with Crippen molar-refractivity contribution in [1.82, 2.24) is 0 Å². The molecule has 2 N–H and O–H groups in total. The van der Waals surface area contributed by atoms with Crippen LogP contribution < -0.4 is 5.73 Å². The molecular formula is C11H19N. The first-order valence-corrected chi connectivity index (χ1v) is 4.41. The van der Waals surface area contributed by atoms with Crippen LogP contribution in [-0.2, 0) is 0 Å². The molecule has 0 bridgehead atoms. The van der Waals surface area contributed by atoms with Crippen LogP contribution in [-0.4, -0.2) is 6.54 Å². The average Bonchev–Trinajstić information content (AvgIpc) is 2.10. The lowest BCUT2D eigenvalue weighted by Crippen LogP contribution is -2.01. The summed E-state index contributed by atoms with van der Waals surface area (Å²) in [6.45, 7) is 8.54. The van der Waals surface area contributed by atoms with Crippen LogP contribution >= 0.6 is 0 Å². The normalized spacial score (nSPS) is 13.2. The third-order valence-electron chi connectivity index (χ3n) is 1.75. The Kier molecular flexibility index (Phi) is 6.39. The van der Waals surface area contributed by atoms with Gasteiger partial charge in [0.1, 0.15) is 0 Å². The van der Waals surface area contributed by atoms with Crippen molar-refractivity contribution in [3.63, 3.8) is 0 Å². The zero-order valence-corrected chi connectivity index (χ0v) is 8.14. The zero-order chi connectivity index (χ0) is 9.40. The third kappa shape index (κ3) is 4.91. The van der Waals surface area contributed by atoms with Gasteiger partial charge in [0, 0.05) is 6.54 Å². The largest absolute Gasteiger partial charge is 0.327 e. The standard InChI is InChI=1S/C11H19N/c1-4-6-7-10(3)8-11(5-2)9-12/h4,7-8H,1,5-6,9,12H2,2-3H3/b10-7-,11-8-. The molecule has 12 heavy (non-hydrogen) atoms. The summed E-state index contributed by atoms with van der Waals surface area (Å²) in [6, 6.07) is 0. The average molecular weight is 165 g/mol. The molecule has 0 unspecified atom stereocenters. The third-order valence-corrected chi connectivity index (χ3v) is 1.75. The number of hydrogen-bond acceptors (Lipinski definition) is 1. The molecule has 0 aromatic rings. The van der Waals surface area contributed by atoms with Gasteiger partial charge < -0.3 is 5.73 Å². The Balaban J connectivity index is 4.18. The second-order valence-corrected chi connectivity index (χ2v) is 2.83. The van der Waals surface area contributed by atoms with Crippen molar-refractivity contribution in [3.05, 3.63) is 36.0 Å². The monoisotopic (exact) mass is 165 g/mol. The van der Waals surface area contributed by atoms with E-state index < -0.39 is 0 Å². The van der Waals surface area contributed by atoms with Crippen molar-refractivity contribution < 1.29 is 0 Å². The summed E-state index contributed by atoms with van der Waals surface area (Å²) in [6.07, 6.45) is 8.17. The summed E-state index contributed by atoms with van der Waals surface area (Å²) in [4.78, 5) is 0.